The van der Waals surface area contributed by atoms with Gasteiger partial charge in [0.1, 0.15) is 0 Å². The predicted octanol–water partition coefficient (Wildman–Crippen LogP) is 6.45. The van der Waals surface area contributed by atoms with Gasteiger partial charge in [-0.15, -0.1) is 0 Å². The molecule has 0 aromatic carbocycles. The van der Waals surface area contributed by atoms with Crippen LogP contribution < -0.4 is 0 Å². The second-order valence-electron chi connectivity index (χ2n) is 12.4. The van der Waals surface area contributed by atoms with E-state index in [0.29, 0.717) is 0 Å². The van der Waals surface area contributed by atoms with Crippen LogP contribution in [0, 0.1) is 22.2 Å². The second kappa shape index (κ2) is 9.33. The molecule has 7 heteroatoms. The molecule has 0 N–H and O–H groups in total. The molecule has 0 radical (unpaired) electrons. The van der Waals surface area contributed by atoms with E-state index in [-0.39, 0.29) is 5.92 Å². The zero-order chi connectivity index (χ0) is 25.6. The zero-order valence-electron chi connectivity index (χ0n) is 22.4. The van der Waals surface area contributed by atoms with Crippen molar-refractivity contribution in [1.29, 1.82) is 0 Å². The van der Waals surface area contributed by atoms with Gasteiger partial charge in [0.05, 0.1) is 0 Å². The average Bonchev–Trinajstić information content (AvgIpc) is 2.90. The Labute approximate surface area is 204 Å². The summed E-state index contributed by atoms with van der Waals surface area (Å²) in [6.45, 7) is 19.7. The summed E-state index contributed by atoms with van der Waals surface area (Å²) in [5.41, 5.74) is 0.910. The molecule has 2 rings (SSSR count). The number of hydrogen-bond acceptors (Lipinski definition) is 6. The Morgan fingerprint density at radius 1 is 0.727 bits per heavy atom. The molecule has 0 aromatic heterocycles. The van der Waals surface area contributed by atoms with Crippen LogP contribution >= 0.6 is 0 Å². The summed E-state index contributed by atoms with van der Waals surface area (Å²) in [6, 6.07) is 0. The standard InChI is InChI=1S/C11H15.3C5H10O2.Ti/c1-8-7-9(2)11-6-4-3-5-10(8)11;3*1-5(2,3)4(6)7;/h8H,3-6H2,1-2H3;3*1-3H3,(H,6,7);/q;;;;+3/p-3. The minimum atomic E-state index is -5.02. The monoisotopic (exact) mass is 498 g/mol. The summed E-state index contributed by atoms with van der Waals surface area (Å²) in [5, 5.41) is 0. The second-order valence-corrected chi connectivity index (χ2v) is 16.0. The van der Waals surface area contributed by atoms with E-state index in [2.05, 4.69) is 0 Å². The van der Waals surface area contributed by atoms with Crippen LogP contribution in [0.5, 0.6) is 0 Å². The fraction of sp³-hybridized carbons (Fsp3) is 0.731. The van der Waals surface area contributed by atoms with E-state index in [4.69, 9.17) is 9.96 Å². The summed E-state index contributed by atoms with van der Waals surface area (Å²) in [7, 11) is 0. The Morgan fingerprint density at radius 2 is 1.09 bits per heavy atom. The summed E-state index contributed by atoms with van der Waals surface area (Å²) in [5.74, 6) is -1.72. The third-order valence-corrected chi connectivity index (χ3v) is 10.6. The quantitative estimate of drug-likeness (QED) is 0.415. The maximum absolute atomic E-state index is 13.2. The summed E-state index contributed by atoms with van der Waals surface area (Å²) >= 11 is -5.02. The topological polar surface area (TPSA) is 78.9 Å². The minimum absolute atomic E-state index is 0.103. The van der Waals surface area contributed by atoms with E-state index >= 15 is 0 Å². The van der Waals surface area contributed by atoms with Crippen LogP contribution in [0.25, 0.3) is 0 Å². The average molecular weight is 498 g/mol. The van der Waals surface area contributed by atoms with E-state index in [1.54, 1.807) is 62.3 Å². The molecular formula is C26H42O6Ti. The van der Waals surface area contributed by atoms with Crippen molar-refractivity contribution < 1.29 is 42.1 Å². The van der Waals surface area contributed by atoms with Crippen LogP contribution in [0.2, 0.25) is 0 Å². The van der Waals surface area contributed by atoms with Crippen molar-refractivity contribution in [2.45, 2.75) is 102 Å². The van der Waals surface area contributed by atoms with Gasteiger partial charge in [-0.1, -0.05) is 0 Å². The molecule has 0 aromatic rings. The molecule has 186 valence electrons. The van der Waals surface area contributed by atoms with E-state index in [0.717, 1.165) is 35.1 Å². The molecule has 0 bridgehead atoms. The Morgan fingerprint density at radius 3 is 1.42 bits per heavy atom. The van der Waals surface area contributed by atoms with Gasteiger partial charge in [-0.2, -0.15) is 0 Å². The van der Waals surface area contributed by atoms with Crippen molar-refractivity contribution in [3.05, 3.63) is 20.6 Å². The Balaban J connectivity index is 2.75. The van der Waals surface area contributed by atoms with Crippen LogP contribution in [0.15, 0.2) is 20.6 Å². The number of hydrogen-bond donors (Lipinski definition) is 0. The maximum atomic E-state index is 13.2. The Hall–Kier alpha value is -1.40. The first-order valence-electron chi connectivity index (χ1n) is 11.9. The molecule has 1 atom stereocenters. The van der Waals surface area contributed by atoms with Crippen LogP contribution in [0.1, 0.15) is 102 Å². The fourth-order valence-electron chi connectivity index (χ4n) is 4.04. The first kappa shape index (κ1) is 27.8. The van der Waals surface area contributed by atoms with E-state index in [9.17, 15) is 14.4 Å². The van der Waals surface area contributed by atoms with Crippen molar-refractivity contribution in [2.75, 3.05) is 0 Å². The molecule has 2 aliphatic rings. The van der Waals surface area contributed by atoms with Crippen molar-refractivity contribution in [1.82, 2.24) is 0 Å². The van der Waals surface area contributed by atoms with Crippen molar-refractivity contribution in [2.24, 2.45) is 22.2 Å². The van der Waals surface area contributed by atoms with Crippen LogP contribution in [0.4, 0.5) is 0 Å². The SMILES string of the molecule is CC1=[C]([Ti]([O]C(=O)C(C)(C)C)([O]C(=O)C(C)(C)C)[O]C(=O)C(C)(C)C)C(C)C2=C1CCCC2. The molecule has 0 spiro atoms. The molecule has 0 fully saturated rings. The van der Waals surface area contributed by atoms with Gasteiger partial charge < -0.3 is 0 Å². The molecule has 2 aliphatic carbocycles. The van der Waals surface area contributed by atoms with Gasteiger partial charge in [0.15, 0.2) is 0 Å². The molecule has 0 aliphatic heterocycles. The first-order valence-corrected chi connectivity index (χ1v) is 14.6. The van der Waals surface area contributed by atoms with Gasteiger partial charge in [-0.3, -0.25) is 0 Å². The van der Waals surface area contributed by atoms with E-state index < -0.39 is 51.9 Å². The summed E-state index contributed by atoms with van der Waals surface area (Å²) in [4.78, 5) is 39.7. The van der Waals surface area contributed by atoms with Gasteiger partial charge in [0, 0.05) is 0 Å². The van der Waals surface area contributed by atoms with E-state index in [1.807, 2.05) is 13.8 Å². The van der Waals surface area contributed by atoms with Crippen molar-refractivity contribution in [3.8, 4) is 0 Å². The van der Waals surface area contributed by atoms with Crippen molar-refractivity contribution in [3.63, 3.8) is 0 Å². The number of allylic oxidation sites excluding steroid dienone is 4. The van der Waals surface area contributed by atoms with E-state index in [1.165, 1.54) is 11.1 Å². The van der Waals surface area contributed by atoms with Gasteiger partial charge in [-0.05, 0) is 0 Å². The molecule has 0 heterocycles. The third-order valence-electron chi connectivity index (χ3n) is 6.17. The molecule has 0 saturated heterocycles. The van der Waals surface area contributed by atoms with Crippen LogP contribution in [0.3, 0.4) is 0 Å². The Bertz CT molecular complexity index is 820. The third kappa shape index (κ3) is 6.00. The summed E-state index contributed by atoms with van der Waals surface area (Å²) in [6.07, 6.45) is 4.06. The molecule has 33 heavy (non-hydrogen) atoms. The van der Waals surface area contributed by atoms with Gasteiger partial charge >= 0.3 is 205 Å². The van der Waals surface area contributed by atoms with Crippen LogP contribution in [-0.4, -0.2) is 17.9 Å². The molecule has 0 saturated carbocycles. The van der Waals surface area contributed by atoms with Gasteiger partial charge in [0.25, 0.3) is 0 Å². The normalized spacial score (nSPS) is 19.9. The van der Waals surface area contributed by atoms with Crippen LogP contribution in [-0.2, 0) is 42.1 Å². The number of carbonyl (C=O) groups is 3. The Kier molecular flexibility index (Phi) is 7.88. The molecule has 1 unspecified atom stereocenters. The molecular weight excluding hydrogens is 456 g/mol. The zero-order valence-corrected chi connectivity index (χ0v) is 23.9. The number of rotatable bonds is 4. The fourth-order valence-corrected chi connectivity index (χ4v) is 9.39. The van der Waals surface area contributed by atoms with Gasteiger partial charge in [0.2, 0.25) is 0 Å². The van der Waals surface area contributed by atoms with Gasteiger partial charge in [-0.25, -0.2) is 0 Å². The number of carbonyl (C=O) groups excluding carboxylic acids is 3. The first-order chi connectivity index (χ1) is 14.8. The van der Waals surface area contributed by atoms with Crippen molar-refractivity contribution >= 4 is 17.9 Å². The summed E-state index contributed by atoms with van der Waals surface area (Å²) < 4.78 is 19.1. The molecule has 6 nitrogen and oxygen atoms in total. The molecule has 0 amide bonds. The predicted molar refractivity (Wildman–Crippen MR) is 124 cm³/mol.